The monoisotopic (exact) mass is 368 g/mol. The molecule has 1 saturated heterocycles. The van der Waals surface area contributed by atoms with E-state index in [1.54, 1.807) is 7.11 Å². The second-order valence-electron chi connectivity index (χ2n) is 6.78. The van der Waals surface area contributed by atoms with E-state index in [1.165, 1.54) is 5.69 Å². The molecule has 0 radical (unpaired) electrons. The number of pyridine rings is 1. The highest BCUT2D eigenvalue weighted by molar-refractivity contribution is 5.74. The largest absolute Gasteiger partial charge is 0.496 e. The third kappa shape index (κ3) is 5.12. The summed E-state index contributed by atoms with van der Waals surface area (Å²) >= 11 is 0. The number of carbonyl (C=O) groups excluding carboxylic acids is 1. The van der Waals surface area contributed by atoms with Crippen molar-refractivity contribution < 1.29 is 9.53 Å². The number of aryl methyl sites for hydroxylation is 1. The van der Waals surface area contributed by atoms with Gasteiger partial charge in [-0.1, -0.05) is 18.2 Å². The van der Waals surface area contributed by atoms with Crippen molar-refractivity contribution in [3.8, 4) is 5.75 Å². The zero-order valence-corrected chi connectivity index (χ0v) is 16.1. The number of urea groups is 1. The number of hydrogen-bond acceptors (Lipinski definition) is 4. The Morgan fingerprint density at radius 3 is 2.85 bits per heavy atom. The van der Waals surface area contributed by atoms with Gasteiger partial charge in [0.15, 0.2) is 0 Å². The highest BCUT2D eigenvalue weighted by atomic mass is 16.5. The summed E-state index contributed by atoms with van der Waals surface area (Å²) in [4.78, 5) is 21.1. The topological polar surface area (TPSA) is 57.7 Å². The molecular formula is C21H28N4O2. The first-order valence-corrected chi connectivity index (χ1v) is 9.49. The van der Waals surface area contributed by atoms with Gasteiger partial charge in [0.2, 0.25) is 0 Å². The van der Waals surface area contributed by atoms with Gasteiger partial charge in [-0.25, -0.2) is 4.79 Å². The molecule has 1 aliphatic rings. The van der Waals surface area contributed by atoms with E-state index < -0.39 is 0 Å². The molecule has 144 valence electrons. The highest BCUT2D eigenvalue weighted by Gasteiger charge is 2.19. The van der Waals surface area contributed by atoms with Gasteiger partial charge in [0.05, 0.1) is 7.11 Å². The third-order valence-corrected chi connectivity index (χ3v) is 4.89. The van der Waals surface area contributed by atoms with Crippen LogP contribution < -0.4 is 15.0 Å². The van der Waals surface area contributed by atoms with E-state index >= 15 is 0 Å². The number of anilines is 1. The number of para-hydroxylation sites is 1. The molecule has 1 aromatic heterocycles. The number of hydrogen-bond donors (Lipinski definition) is 1. The lowest BCUT2D eigenvalue weighted by molar-refractivity contribution is 0.201. The predicted octanol–water partition coefficient (Wildman–Crippen LogP) is 2.86. The van der Waals surface area contributed by atoms with Gasteiger partial charge < -0.3 is 19.9 Å². The van der Waals surface area contributed by atoms with E-state index in [-0.39, 0.29) is 6.03 Å². The van der Waals surface area contributed by atoms with Gasteiger partial charge in [-0.15, -0.1) is 0 Å². The number of rotatable bonds is 5. The van der Waals surface area contributed by atoms with E-state index in [0.29, 0.717) is 6.54 Å². The highest BCUT2D eigenvalue weighted by Crippen LogP contribution is 2.18. The Bertz CT molecular complexity index is 765. The van der Waals surface area contributed by atoms with Crippen LogP contribution in [0.4, 0.5) is 10.5 Å². The smallest absolute Gasteiger partial charge is 0.317 e. The van der Waals surface area contributed by atoms with Crippen LogP contribution in [0.3, 0.4) is 0 Å². The van der Waals surface area contributed by atoms with Gasteiger partial charge in [-0.3, -0.25) is 4.98 Å². The van der Waals surface area contributed by atoms with Crippen LogP contribution >= 0.6 is 0 Å². The van der Waals surface area contributed by atoms with Crippen molar-refractivity contribution in [3.05, 3.63) is 53.9 Å². The normalized spacial score (nSPS) is 14.6. The maximum absolute atomic E-state index is 12.5. The molecule has 2 heterocycles. The summed E-state index contributed by atoms with van der Waals surface area (Å²) < 4.78 is 5.36. The molecule has 6 heteroatoms. The summed E-state index contributed by atoms with van der Waals surface area (Å²) in [5.41, 5.74) is 3.30. The summed E-state index contributed by atoms with van der Waals surface area (Å²) in [6.45, 7) is 5.90. The second kappa shape index (κ2) is 9.26. The zero-order valence-electron chi connectivity index (χ0n) is 16.1. The Hall–Kier alpha value is -2.76. The number of amides is 2. The molecule has 27 heavy (non-hydrogen) atoms. The van der Waals surface area contributed by atoms with Crippen LogP contribution in [0, 0.1) is 6.92 Å². The first-order chi connectivity index (χ1) is 13.2. The van der Waals surface area contributed by atoms with Crippen LogP contribution in [0.2, 0.25) is 0 Å². The van der Waals surface area contributed by atoms with Crippen molar-refractivity contribution in [1.29, 1.82) is 0 Å². The summed E-state index contributed by atoms with van der Waals surface area (Å²) in [6, 6.07) is 12.1. The molecule has 0 unspecified atom stereocenters. The summed E-state index contributed by atoms with van der Waals surface area (Å²) in [5.74, 6) is 0.866. The fourth-order valence-electron chi connectivity index (χ4n) is 3.43. The number of nitrogens with zero attached hydrogens (tertiary/aromatic N) is 3. The van der Waals surface area contributed by atoms with Gasteiger partial charge in [0.1, 0.15) is 5.75 Å². The summed E-state index contributed by atoms with van der Waals surface area (Å²) in [6.07, 6.45) is 3.56. The SMILES string of the molecule is COc1ccccc1CCNC(=O)N1CCCN(c2ccnc(C)c2)CC1. The van der Waals surface area contributed by atoms with Gasteiger partial charge in [0.25, 0.3) is 0 Å². The van der Waals surface area contributed by atoms with Crippen molar-refractivity contribution in [2.24, 2.45) is 0 Å². The second-order valence-corrected chi connectivity index (χ2v) is 6.78. The van der Waals surface area contributed by atoms with Crippen molar-refractivity contribution in [1.82, 2.24) is 15.2 Å². The Labute approximate surface area is 161 Å². The number of methoxy groups -OCH3 is 1. The third-order valence-electron chi connectivity index (χ3n) is 4.89. The number of aromatic nitrogens is 1. The average Bonchev–Trinajstić information content (AvgIpc) is 2.94. The van der Waals surface area contributed by atoms with Gasteiger partial charge in [-0.2, -0.15) is 0 Å². The molecule has 0 saturated carbocycles. The van der Waals surface area contributed by atoms with Gasteiger partial charge in [0, 0.05) is 50.3 Å². The van der Waals surface area contributed by atoms with Crippen molar-refractivity contribution in [2.75, 3.05) is 44.7 Å². The number of nitrogens with one attached hydrogen (secondary N) is 1. The van der Waals surface area contributed by atoms with Crippen LogP contribution in [0.5, 0.6) is 5.75 Å². The van der Waals surface area contributed by atoms with Gasteiger partial charge >= 0.3 is 6.03 Å². The maximum atomic E-state index is 12.5. The first-order valence-electron chi connectivity index (χ1n) is 9.49. The molecule has 0 bridgehead atoms. The molecule has 6 nitrogen and oxygen atoms in total. The van der Waals surface area contributed by atoms with E-state index in [1.807, 2.05) is 48.4 Å². The Morgan fingerprint density at radius 2 is 2.04 bits per heavy atom. The van der Waals surface area contributed by atoms with E-state index in [4.69, 9.17) is 4.74 Å². The van der Waals surface area contributed by atoms with Crippen LogP contribution in [-0.4, -0.2) is 55.7 Å². The van der Waals surface area contributed by atoms with Crippen molar-refractivity contribution in [3.63, 3.8) is 0 Å². The van der Waals surface area contributed by atoms with E-state index in [2.05, 4.69) is 21.3 Å². The molecule has 1 aliphatic heterocycles. The minimum atomic E-state index is 0.0117. The lowest BCUT2D eigenvalue weighted by atomic mass is 10.1. The van der Waals surface area contributed by atoms with Crippen molar-refractivity contribution in [2.45, 2.75) is 19.8 Å². The van der Waals surface area contributed by atoms with Crippen LogP contribution in [0.1, 0.15) is 17.7 Å². The molecular weight excluding hydrogens is 340 g/mol. The van der Waals surface area contributed by atoms with Crippen molar-refractivity contribution >= 4 is 11.7 Å². The molecule has 0 atom stereocenters. The minimum Gasteiger partial charge on any atom is -0.496 e. The molecule has 0 aliphatic carbocycles. The van der Waals surface area contributed by atoms with E-state index in [9.17, 15) is 4.79 Å². The lowest BCUT2D eigenvalue weighted by Crippen LogP contribution is -2.42. The molecule has 1 fully saturated rings. The van der Waals surface area contributed by atoms with Crippen LogP contribution in [0.25, 0.3) is 0 Å². The molecule has 0 spiro atoms. The molecule has 2 aromatic rings. The van der Waals surface area contributed by atoms with E-state index in [0.717, 1.165) is 56.0 Å². The zero-order chi connectivity index (χ0) is 19.1. The summed E-state index contributed by atoms with van der Waals surface area (Å²) in [5, 5.41) is 3.05. The van der Waals surface area contributed by atoms with Crippen LogP contribution in [0.15, 0.2) is 42.6 Å². The quantitative estimate of drug-likeness (QED) is 0.882. The maximum Gasteiger partial charge on any atom is 0.317 e. The fourth-order valence-corrected chi connectivity index (χ4v) is 3.43. The van der Waals surface area contributed by atoms with Gasteiger partial charge in [-0.05, 0) is 43.5 Å². The number of carbonyl (C=O) groups is 1. The summed E-state index contributed by atoms with van der Waals surface area (Å²) in [7, 11) is 1.67. The molecule has 1 N–H and O–H groups in total. The standard InChI is InChI=1S/C21H28N4O2/c1-17-16-19(9-11-22-17)24-12-5-13-25(15-14-24)21(26)23-10-8-18-6-3-4-7-20(18)27-2/h3-4,6-7,9,11,16H,5,8,10,12-15H2,1-2H3,(H,23,26). The molecule has 1 aromatic carbocycles. The lowest BCUT2D eigenvalue weighted by Gasteiger charge is -2.24. The predicted molar refractivity (Wildman–Crippen MR) is 107 cm³/mol. The minimum absolute atomic E-state index is 0.0117. The fraction of sp³-hybridized carbons (Fsp3) is 0.429. The number of ether oxygens (including phenoxy) is 1. The molecule has 3 rings (SSSR count). The Morgan fingerprint density at radius 1 is 1.19 bits per heavy atom. The Kier molecular flexibility index (Phi) is 6.52. The average molecular weight is 368 g/mol. The van der Waals surface area contributed by atoms with Crippen LogP contribution in [-0.2, 0) is 6.42 Å². The first kappa shape index (κ1) is 19.0. The Balaban J connectivity index is 1.49. The number of benzene rings is 1. The molecule has 2 amide bonds.